The lowest BCUT2D eigenvalue weighted by atomic mass is 10.2. The first-order valence-corrected chi connectivity index (χ1v) is 3.92. The third kappa shape index (κ3) is 1.14. The normalized spacial score (nSPS) is 10.7. The molecule has 2 rings (SSSR count). The Morgan fingerprint density at radius 1 is 1.50 bits per heavy atom. The van der Waals surface area contributed by atoms with Crippen molar-refractivity contribution in [3.63, 3.8) is 0 Å². The molecule has 1 aromatic heterocycles. The Bertz CT molecular complexity index is 518. The molecule has 0 N–H and O–H groups in total. The summed E-state index contributed by atoms with van der Waals surface area (Å²) in [4.78, 5) is 9.65. The molecule has 0 amide bonds. The molecule has 0 radical (unpaired) electrons. The topological polar surface area (TPSA) is 56.3 Å². The molecule has 0 atom stereocenters. The van der Waals surface area contributed by atoms with Gasteiger partial charge in [0.1, 0.15) is 11.3 Å². The molecule has 72 valence electrons. The Hall–Kier alpha value is -1.91. The minimum atomic E-state index is -0.843. The largest absolute Gasteiger partial charge is 0.461 e. The molecule has 1 heterocycles. The maximum absolute atomic E-state index is 13.4. The van der Waals surface area contributed by atoms with Crippen molar-refractivity contribution in [2.75, 3.05) is 0 Å². The smallest absolute Gasteiger partial charge is 0.305 e. The maximum atomic E-state index is 13.4. The molecule has 5 heteroatoms. The molecule has 0 unspecified atom stereocenters. The van der Waals surface area contributed by atoms with Crippen LogP contribution in [0.5, 0.6) is 0 Å². The highest BCUT2D eigenvalue weighted by Gasteiger charge is 2.18. The molecular weight excluding hydrogens is 189 g/mol. The van der Waals surface area contributed by atoms with Gasteiger partial charge in [-0.2, -0.15) is 4.39 Å². The third-order valence-electron chi connectivity index (χ3n) is 1.93. The van der Waals surface area contributed by atoms with Gasteiger partial charge in [0.15, 0.2) is 0 Å². The quantitative estimate of drug-likeness (QED) is 0.519. The van der Waals surface area contributed by atoms with Crippen molar-refractivity contribution in [2.45, 2.75) is 6.92 Å². The van der Waals surface area contributed by atoms with E-state index in [1.54, 1.807) is 6.92 Å². The standard InChI is InChI=1S/C9H6FNO3/c1-5-4-6-8(14-5)3-2-7(9(6)10)11(12)13/h2-4H,1H3. The van der Waals surface area contributed by atoms with Crippen molar-refractivity contribution in [1.82, 2.24) is 0 Å². The van der Waals surface area contributed by atoms with Gasteiger partial charge in [0, 0.05) is 6.07 Å². The lowest BCUT2D eigenvalue weighted by Crippen LogP contribution is -1.91. The van der Waals surface area contributed by atoms with Gasteiger partial charge in [0.05, 0.1) is 10.3 Å². The number of benzene rings is 1. The highest BCUT2D eigenvalue weighted by Crippen LogP contribution is 2.28. The van der Waals surface area contributed by atoms with E-state index in [9.17, 15) is 14.5 Å². The lowest BCUT2D eigenvalue weighted by molar-refractivity contribution is -0.387. The second kappa shape index (κ2) is 2.80. The van der Waals surface area contributed by atoms with Crippen LogP contribution in [0.25, 0.3) is 11.0 Å². The average Bonchev–Trinajstić information content (AvgIpc) is 2.46. The predicted octanol–water partition coefficient (Wildman–Crippen LogP) is 2.79. The fraction of sp³-hybridized carbons (Fsp3) is 0.111. The van der Waals surface area contributed by atoms with Crippen molar-refractivity contribution in [3.8, 4) is 0 Å². The SMILES string of the molecule is Cc1cc2c(F)c([N+](=O)[O-])ccc2o1. The van der Waals surface area contributed by atoms with E-state index in [0.29, 0.717) is 11.3 Å². The number of aryl methyl sites for hydroxylation is 1. The molecule has 4 nitrogen and oxygen atoms in total. The summed E-state index contributed by atoms with van der Waals surface area (Å²) in [6.45, 7) is 1.66. The zero-order chi connectivity index (χ0) is 10.3. The second-order valence-electron chi connectivity index (χ2n) is 2.92. The van der Waals surface area contributed by atoms with Crippen LogP contribution in [-0.4, -0.2) is 4.92 Å². The zero-order valence-corrected chi connectivity index (χ0v) is 7.28. The van der Waals surface area contributed by atoms with Gasteiger partial charge in [0.25, 0.3) is 0 Å². The molecule has 0 spiro atoms. The van der Waals surface area contributed by atoms with Gasteiger partial charge in [0.2, 0.25) is 5.82 Å². The predicted molar refractivity (Wildman–Crippen MR) is 47.6 cm³/mol. The van der Waals surface area contributed by atoms with Crippen LogP contribution in [-0.2, 0) is 0 Å². The van der Waals surface area contributed by atoms with E-state index in [-0.39, 0.29) is 5.39 Å². The maximum Gasteiger partial charge on any atom is 0.305 e. The van der Waals surface area contributed by atoms with Crippen molar-refractivity contribution in [3.05, 3.63) is 39.9 Å². The fourth-order valence-electron chi connectivity index (χ4n) is 1.33. The first-order chi connectivity index (χ1) is 6.59. The molecule has 1 aromatic carbocycles. The van der Waals surface area contributed by atoms with E-state index in [1.807, 2.05) is 0 Å². The molecule has 0 aliphatic carbocycles. The number of fused-ring (bicyclic) bond motifs is 1. The molecule has 0 aliphatic heterocycles. The van der Waals surface area contributed by atoms with Crippen molar-refractivity contribution in [2.24, 2.45) is 0 Å². The van der Waals surface area contributed by atoms with Gasteiger partial charge >= 0.3 is 5.69 Å². The Balaban J connectivity index is 2.80. The van der Waals surface area contributed by atoms with Crippen LogP contribution in [0.15, 0.2) is 22.6 Å². The van der Waals surface area contributed by atoms with Crippen LogP contribution >= 0.6 is 0 Å². The van der Waals surface area contributed by atoms with Gasteiger partial charge in [-0.1, -0.05) is 0 Å². The van der Waals surface area contributed by atoms with E-state index in [1.165, 1.54) is 12.1 Å². The van der Waals surface area contributed by atoms with Crippen LogP contribution in [0.3, 0.4) is 0 Å². The van der Waals surface area contributed by atoms with E-state index >= 15 is 0 Å². The highest BCUT2D eigenvalue weighted by molar-refractivity contribution is 5.81. The number of nitrogens with zero attached hydrogens (tertiary/aromatic N) is 1. The summed E-state index contributed by atoms with van der Waals surface area (Å²) in [7, 11) is 0. The first kappa shape index (κ1) is 8.68. The molecule has 0 saturated carbocycles. The van der Waals surface area contributed by atoms with Gasteiger partial charge < -0.3 is 4.42 Å². The first-order valence-electron chi connectivity index (χ1n) is 3.92. The Morgan fingerprint density at radius 2 is 2.21 bits per heavy atom. The van der Waals surface area contributed by atoms with E-state index in [2.05, 4.69) is 0 Å². The molecule has 0 fully saturated rings. The summed E-state index contributed by atoms with van der Waals surface area (Å²) in [5.74, 6) is -0.316. The molecule has 0 saturated heterocycles. The van der Waals surface area contributed by atoms with Gasteiger partial charge in [-0.3, -0.25) is 10.1 Å². The number of halogens is 1. The summed E-state index contributed by atoms with van der Waals surface area (Å²) in [5.41, 5.74) is -0.205. The van der Waals surface area contributed by atoms with Crippen LogP contribution in [0.1, 0.15) is 5.76 Å². The van der Waals surface area contributed by atoms with Crippen molar-refractivity contribution >= 4 is 16.7 Å². The molecule has 14 heavy (non-hydrogen) atoms. The summed E-state index contributed by atoms with van der Waals surface area (Å²) >= 11 is 0. The van der Waals surface area contributed by atoms with Crippen LogP contribution in [0.4, 0.5) is 10.1 Å². The Labute approximate surface area is 78.1 Å². The monoisotopic (exact) mass is 195 g/mol. The zero-order valence-electron chi connectivity index (χ0n) is 7.28. The Morgan fingerprint density at radius 3 is 2.86 bits per heavy atom. The highest BCUT2D eigenvalue weighted by atomic mass is 19.1. The van der Waals surface area contributed by atoms with Gasteiger partial charge in [-0.25, -0.2) is 0 Å². The number of nitro groups is 1. The van der Waals surface area contributed by atoms with E-state index < -0.39 is 16.4 Å². The number of hydrogen-bond acceptors (Lipinski definition) is 3. The van der Waals surface area contributed by atoms with Crippen LogP contribution < -0.4 is 0 Å². The number of nitro benzene ring substituents is 1. The Kier molecular flexibility index (Phi) is 1.73. The van der Waals surface area contributed by atoms with Gasteiger partial charge in [-0.15, -0.1) is 0 Å². The number of rotatable bonds is 1. The summed E-state index contributed by atoms with van der Waals surface area (Å²) in [6.07, 6.45) is 0. The van der Waals surface area contributed by atoms with Crippen LogP contribution in [0.2, 0.25) is 0 Å². The second-order valence-corrected chi connectivity index (χ2v) is 2.92. The molecule has 2 aromatic rings. The van der Waals surface area contributed by atoms with Crippen LogP contribution in [0, 0.1) is 22.9 Å². The molecular formula is C9H6FNO3. The number of hydrogen-bond donors (Lipinski definition) is 0. The average molecular weight is 195 g/mol. The third-order valence-corrected chi connectivity index (χ3v) is 1.93. The summed E-state index contributed by atoms with van der Waals surface area (Å²) in [6, 6.07) is 3.93. The van der Waals surface area contributed by atoms with Crippen molar-refractivity contribution in [1.29, 1.82) is 0 Å². The van der Waals surface area contributed by atoms with Gasteiger partial charge in [-0.05, 0) is 19.1 Å². The minimum absolute atomic E-state index is 0.150. The minimum Gasteiger partial charge on any atom is -0.461 e. The fourth-order valence-corrected chi connectivity index (χ4v) is 1.33. The molecule has 0 aliphatic rings. The summed E-state index contributed by atoms with van der Waals surface area (Å²) in [5, 5.41) is 10.6. The lowest BCUT2D eigenvalue weighted by Gasteiger charge is -1.93. The van der Waals surface area contributed by atoms with E-state index in [0.717, 1.165) is 6.07 Å². The molecule has 0 bridgehead atoms. The number of furan rings is 1. The van der Waals surface area contributed by atoms with Crippen molar-refractivity contribution < 1.29 is 13.7 Å². The van der Waals surface area contributed by atoms with E-state index in [4.69, 9.17) is 4.42 Å². The summed E-state index contributed by atoms with van der Waals surface area (Å²) < 4.78 is 18.6.